The van der Waals surface area contributed by atoms with Crippen molar-refractivity contribution in [2.45, 2.75) is 18.2 Å². The van der Waals surface area contributed by atoms with Crippen molar-refractivity contribution in [2.24, 2.45) is 0 Å². The molecule has 0 amide bonds. The van der Waals surface area contributed by atoms with E-state index in [2.05, 4.69) is 29.1 Å². The lowest BCUT2D eigenvalue weighted by Gasteiger charge is -2.00. The summed E-state index contributed by atoms with van der Waals surface area (Å²) in [5.74, 6) is 0. The Kier molecular flexibility index (Phi) is 3.88. The van der Waals surface area contributed by atoms with E-state index in [1.54, 1.807) is 0 Å². The van der Waals surface area contributed by atoms with Gasteiger partial charge in [0.25, 0.3) is 0 Å². The zero-order valence-electron chi connectivity index (χ0n) is 5.15. The van der Waals surface area contributed by atoms with E-state index < -0.39 is 0 Å². The fourth-order valence-corrected chi connectivity index (χ4v) is 0.969. The molecule has 0 fully saturated rings. The van der Waals surface area contributed by atoms with Gasteiger partial charge in [-0.15, -0.1) is 13.2 Å². The Balaban J connectivity index is 3.38. The highest BCUT2D eigenvalue weighted by molar-refractivity contribution is 9.09. The first-order valence-corrected chi connectivity index (χ1v) is 3.49. The molecule has 0 rings (SSSR count). The van der Waals surface area contributed by atoms with Crippen LogP contribution >= 0.6 is 15.9 Å². The van der Waals surface area contributed by atoms with Crippen molar-refractivity contribution >= 4 is 15.9 Å². The molecule has 0 saturated heterocycles. The van der Waals surface area contributed by atoms with Crippen molar-refractivity contribution in [3.8, 4) is 0 Å². The summed E-state index contributed by atoms with van der Waals surface area (Å²) in [6.45, 7) is 9.40. The maximum absolute atomic E-state index is 3.77. The molecular weight excluding hydrogens is 164 g/mol. The van der Waals surface area contributed by atoms with Crippen LogP contribution in [0.15, 0.2) is 24.8 Å². The number of allylic oxidation sites excluding steroid dienone is 2. The molecule has 0 aromatic carbocycles. The highest BCUT2D eigenvalue weighted by Crippen LogP contribution is 2.10. The van der Waals surface area contributed by atoms with E-state index in [1.165, 1.54) is 5.57 Å². The van der Waals surface area contributed by atoms with Gasteiger partial charge in [-0.3, -0.25) is 0 Å². The van der Waals surface area contributed by atoms with Crippen LogP contribution in [-0.2, 0) is 0 Å². The average Bonchev–Trinajstić information content (AvgIpc) is 1.65. The molecule has 0 bridgehead atoms. The van der Waals surface area contributed by atoms with E-state index in [9.17, 15) is 0 Å². The van der Waals surface area contributed by atoms with Crippen LogP contribution in [0.1, 0.15) is 13.3 Å². The lowest BCUT2D eigenvalue weighted by Crippen LogP contribution is -1.90. The molecule has 0 saturated carbocycles. The van der Waals surface area contributed by atoms with Crippen molar-refractivity contribution in [2.75, 3.05) is 0 Å². The Bertz CT molecular complexity index is 94.6. The third-order valence-corrected chi connectivity index (χ3v) is 1.50. The molecular formula is C7H11Br. The van der Waals surface area contributed by atoms with E-state index >= 15 is 0 Å². The van der Waals surface area contributed by atoms with Crippen molar-refractivity contribution in [3.63, 3.8) is 0 Å². The van der Waals surface area contributed by atoms with Crippen LogP contribution in [0.5, 0.6) is 0 Å². The van der Waals surface area contributed by atoms with Crippen LogP contribution in [0.3, 0.4) is 0 Å². The molecule has 0 radical (unpaired) electrons. The Morgan fingerprint density at radius 1 is 1.88 bits per heavy atom. The minimum atomic E-state index is 0.403. The molecule has 0 spiro atoms. The molecule has 0 nitrogen and oxygen atoms in total. The van der Waals surface area contributed by atoms with Crippen LogP contribution in [-0.4, -0.2) is 4.83 Å². The van der Waals surface area contributed by atoms with Crippen LogP contribution in [0.25, 0.3) is 0 Å². The fourth-order valence-electron chi connectivity index (χ4n) is 0.416. The third-order valence-electron chi connectivity index (χ3n) is 0.799. The number of halogens is 1. The van der Waals surface area contributed by atoms with E-state index in [1.807, 2.05) is 13.0 Å². The first kappa shape index (κ1) is 7.96. The molecule has 1 heteroatoms. The Morgan fingerprint density at radius 2 is 2.38 bits per heavy atom. The molecule has 0 N–H and O–H groups in total. The second-order valence-corrected chi connectivity index (χ2v) is 3.09. The van der Waals surface area contributed by atoms with Gasteiger partial charge in [0.1, 0.15) is 0 Å². The average molecular weight is 175 g/mol. The summed E-state index contributed by atoms with van der Waals surface area (Å²) in [6.07, 6.45) is 2.86. The summed E-state index contributed by atoms with van der Waals surface area (Å²) in [4.78, 5) is 0.403. The van der Waals surface area contributed by atoms with Gasteiger partial charge in [0, 0.05) is 4.83 Å². The second kappa shape index (κ2) is 3.90. The van der Waals surface area contributed by atoms with Gasteiger partial charge < -0.3 is 0 Å². The van der Waals surface area contributed by atoms with Gasteiger partial charge in [-0.25, -0.2) is 0 Å². The monoisotopic (exact) mass is 174 g/mol. The second-order valence-electron chi connectivity index (χ2n) is 1.91. The predicted octanol–water partition coefficient (Wildman–Crippen LogP) is 2.90. The number of alkyl halides is 1. The number of hydrogen-bond acceptors (Lipinski definition) is 0. The van der Waals surface area contributed by atoms with Crippen molar-refractivity contribution in [3.05, 3.63) is 24.8 Å². The summed E-state index contributed by atoms with van der Waals surface area (Å²) >= 11 is 3.40. The smallest absolute Gasteiger partial charge is 0.0359 e. The minimum absolute atomic E-state index is 0.403. The van der Waals surface area contributed by atoms with E-state index in [0.29, 0.717) is 4.83 Å². The summed E-state index contributed by atoms with van der Waals surface area (Å²) in [5.41, 5.74) is 1.19. The Morgan fingerprint density at radius 3 is 2.50 bits per heavy atom. The van der Waals surface area contributed by atoms with Gasteiger partial charge in [-0.2, -0.15) is 0 Å². The lowest BCUT2D eigenvalue weighted by atomic mass is 10.2. The highest BCUT2D eigenvalue weighted by Gasteiger charge is 1.95. The van der Waals surface area contributed by atoms with Crippen LogP contribution in [0.2, 0.25) is 0 Å². The summed E-state index contributed by atoms with van der Waals surface area (Å²) in [7, 11) is 0. The predicted molar refractivity (Wildman–Crippen MR) is 42.3 cm³/mol. The highest BCUT2D eigenvalue weighted by atomic mass is 79.9. The van der Waals surface area contributed by atoms with Gasteiger partial charge in [0.05, 0.1) is 0 Å². The van der Waals surface area contributed by atoms with Crippen LogP contribution in [0, 0.1) is 0 Å². The van der Waals surface area contributed by atoms with E-state index in [4.69, 9.17) is 0 Å². The van der Waals surface area contributed by atoms with Crippen LogP contribution in [0.4, 0.5) is 0 Å². The quantitative estimate of drug-likeness (QED) is 0.457. The standard InChI is InChI=1S/C7H11Br/c1-4-7(8)5-6(2)3/h4,7H,1-2,5H2,3H3. The van der Waals surface area contributed by atoms with Crippen molar-refractivity contribution in [1.82, 2.24) is 0 Å². The van der Waals surface area contributed by atoms with Gasteiger partial charge in [-0.05, 0) is 13.3 Å². The van der Waals surface area contributed by atoms with Gasteiger partial charge in [0.15, 0.2) is 0 Å². The van der Waals surface area contributed by atoms with Gasteiger partial charge in [0.2, 0.25) is 0 Å². The first-order chi connectivity index (χ1) is 3.66. The fraction of sp³-hybridized carbons (Fsp3) is 0.429. The molecule has 0 aromatic heterocycles. The number of hydrogen-bond donors (Lipinski definition) is 0. The molecule has 0 aliphatic heterocycles. The molecule has 0 heterocycles. The van der Waals surface area contributed by atoms with Crippen LogP contribution < -0.4 is 0 Å². The maximum Gasteiger partial charge on any atom is 0.0359 e. The van der Waals surface area contributed by atoms with E-state index in [0.717, 1.165) is 6.42 Å². The minimum Gasteiger partial charge on any atom is -0.102 e. The SMILES string of the molecule is C=CC(Br)CC(=C)C. The summed E-state index contributed by atoms with van der Waals surface area (Å²) in [5, 5.41) is 0. The molecule has 0 aliphatic carbocycles. The summed E-state index contributed by atoms with van der Waals surface area (Å²) in [6, 6.07) is 0. The normalized spacial score (nSPS) is 12.8. The molecule has 46 valence electrons. The maximum atomic E-state index is 3.77. The molecule has 1 unspecified atom stereocenters. The largest absolute Gasteiger partial charge is 0.102 e. The summed E-state index contributed by atoms with van der Waals surface area (Å²) < 4.78 is 0. The molecule has 1 atom stereocenters. The van der Waals surface area contributed by atoms with Gasteiger partial charge >= 0.3 is 0 Å². The Labute approximate surface area is 59.4 Å². The number of rotatable bonds is 3. The van der Waals surface area contributed by atoms with Crippen molar-refractivity contribution < 1.29 is 0 Å². The first-order valence-electron chi connectivity index (χ1n) is 2.58. The third kappa shape index (κ3) is 4.13. The Hall–Kier alpha value is -0.0400. The zero-order chi connectivity index (χ0) is 6.57. The topological polar surface area (TPSA) is 0 Å². The molecule has 0 aliphatic rings. The zero-order valence-corrected chi connectivity index (χ0v) is 6.74. The molecule has 0 aromatic rings. The van der Waals surface area contributed by atoms with Gasteiger partial charge in [-0.1, -0.05) is 27.6 Å². The lowest BCUT2D eigenvalue weighted by molar-refractivity contribution is 1.02. The molecule has 8 heavy (non-hydrogen) atoms. The van der Waals surface area contributed by atoms with Crippen molar-refractivity contribution in [1.29, 1.82) is 0 Å². The van der Waals surface area contributed by atoms with E-state index in [-0.39, 0.29) is 0 Å².